The minimum atomic E-state index is 0.787. The van der Waals surface area contributed by atoms with Crippen molar-refractivity contribution in [3.05, 3.63) is 36.0 Å². The third-order valence-electron chi connectivity index (χ3n) is 3.94. The van der Waals surface area contributed by atoms with Gasteiger partial charge in [0.05, 0.1) is 6.61 Å². The lowest BCUT2D eigenvalue weighted by Crippen LogP contribution is -2.27. The summed E-state index contributed by atoms with van der Waals surface area (Å²) in [5, 5.41) is 5.94. The van der Waals surface area contributed by atoms with Gasteiger partial charge in [-0.15, -0.1) is 0 Å². The monoisotopic (exact) mass is 285 g/mol. The van der Waals surface area contributed by atoms with E-state index in [0.29, 0.717) is 0 Å². The molecule has 1 aromatic carbocycles. The van der Waals surface area contributed by atoms with Gasteiger partial charge >= 0.3 is 0 Å². The minimum Gasteiger partial charge on any atom is -0.380 e. The molecule has 0 saturated carbocycles. The van der Waals surface area contributed by atoms with Crippen LogP contribution in [0.15, 0.2) is 30.5 Å². The quantitative estimate of drug-likeness (QED) is 0.937. The predicted molar refractivity (Wildman–Crippen MR) is 86.8 cm³/mol. The first-order valence-electron chi connectivity index (χ1n) is 7.80. The van der Waals surface area contributed by atoms with E-state index >= 15 is 0 Å². The molecule has 0 aliphatic carbocycles. The Balaban J connectivity index is 1.99. The van der Waals surface area contributed by atoms with Gasteiger partial charge in [-0.05, 0) is 23.9 Å². The second kappa shape index (κ2) is 6.87. The van der Waals surface area contributed by atoms with E-state index in [4.69, 9.17) is 9.72 Å². The molecule has 0 amide bonds. The van der Waals surface area contributed by atoms with Crippen LogP contribution in [-0.4, -0.2) is 37.8 Å². The zero-order chi connectivity index (χ0) is 14.5. The summed E-state index contributed by atoms with van der Waals surface area (Å²) < 4.78 is 5.56. The summed E-state index contributed by atoms with van der Waals surface area (Å²) in [6.45, 7) is 7.54. The van der Waals surface area contributed by atoms with Crippen molar-refractivity contribution < 1.29 is 4.74 Å². The molecule has 1 fully saturated rings. The molecule has 0 radical (unpaired) electrons. The van der Waals surface area contributed by atoms with Crippen LogP contribution in [0.25, 0.3) is 10.8 Å². The van der Waals surface area contributed by atoms with Gasteiger partial charge in [-0.3, -0.25) is 0 Å². The summed E-state index contributed by atoms with van der Waals surface area (Å²) in [4.78, 5) is 7.11. The number of nitrogens with zero attached hydrogens (tertiary/aromatic N) is 2. The van der Waals surface area contributed by atoms with Crippen molar-refractivity contribution in [2.24, 2.45) is 0 Å². The normalized spacial score (nSPS) is 16.1. The highest BCUT2D eigenvalue weighted by atomic mass is 16.5. The van der Waals surface area contributed by atoms with Gasteiger partial charge in [-0.2, -0.15) is 0 Å². The van der Waals surface area contributed by atoms with E-state index in [1.165, 1.54) is 16.3 Å². The lowest BCUT2D eigenvalue weighted by Gasteiger charge is -2.23. The standard InChI is InChI=1S/C17H23N3O/c1-2-18-12-14-13-19-17(16-7-4-3-6-15(14)16)20-8-5-10-21-11-9-20/h3-4,6-7,13,18H,2,5,8-12H2,1H3. The van der Waals surface area contributed by atoms with Crippen molar-refractivity contribution >= 4 is 16.6 Å². The Morgan fingerprint density at radius 2 is 2.05 bits per heavy atom. The van der Waals surface area contributed by atoms with Crippen LogP contribution in [0.5, 0.6) is 0 Å². The molecule has 0 bridgehead atoms. The summed E-state index contributed by atoms with van der Waals surface area (Å²) in [7, 11) is 0. The lowest BCUT2D eigenvalue weighted by molar-refractivity contribution is 0.152. The van der Waals surface area contributed by atoms with E-state index in [0.717, 1.165) is 51.6 Å². The number of pyridine rings is 1. The molecular weight excluding hydrogens is 262 g/mol. The predicted octanol–water partition coefficient (Wildman–Crippen LogP) is 2.57. The van der Waals surface area contributed by atoms with Crippen LogP contribution in [0.4, 0.5) is 5.82 Å². The molecule has 112 valence electrons. The van der Waals surface area contributed by atoms with E-state index in [2.05, 4.69) is 41.4 Å². The zero-order valence-electron chi connectivity index (χ0n) is 12.6. The molecule has 0 atom stereocenters. The third kappa shape index (κ3) is 3.17. The number of hydrogen-bond donors (Lipinski definition) is 1. The maximum Gasteiger partial charge on any atom is 0.136 e. The number of benzene rings is 1. The van der Waals surface area contributed by atoms with Crippen molar-refractivity contribution in [3.63, 3.8) is 0 Å². The highest BCUT2D eigenvalue weighted by Gasteiger charge is 2.15. The molecule has 0 spiro atoms. The Bertz CT molecular complexity index is 592. The number of hydrogen-bond acceptors (Lipinski definition) is 4. The van der Waals surface area contributed by atoms with Crippen molar-refractivity contribution in [2.45, 2.75) is 19.9 Å². The Morgan fingerprint density at radius 3 is 2.90 bits per heavy atom. The van der Waals surface area contributed by atoms with Crippen molar-refractivity contribution in [2.75, 3.05) is 37.7 Å². The maximum atomic E-state index is 5.56. The summed E-state index contributed by atoms with van der Waals surface area (Å²) in [5.74, 6) is 1.09. The first-order valence-corrected chi connectivity index (χ1v) is 7.80. The molecular formula is C17H23N3O. The average molecular weight is 285 g/mol. The molecule has 1 N–H and O–H groups in total. The van der Waals surface area contributed by atoms with E-state index in [9.17, 15) is 0 Å². The smallest absolute Gasteiger partial charge is 0.136 e. The number of rotatable bonds is 4. The molecule has 1 aliphatic heterocycles. The van der Waals surface area contributed by atoms with Gasteiger partial charge in [0.1, 0.15) is 5.82 Å². The third-order valence-corrected chi connectivity index (χ3v) is 3.94. The molecule has 4 heteroatoms. The molecule has 3 rings (SSSR count). The summed E-state index contributed by atoms with van der Waals surface area (Å²) in [5.41, 5.74) is 1.27. The number of ether oxygens (including phenoxy) is 1. The van der Waals surface area contributed by atoms with E-state index in [-0.39, 0.29) is 0 Å². The zero-order valence-corrected chi connectivity index (χ0v) is 12.6. The van der Waals surface area contributed by atoms with Crippen LogP contribution in [0, 0.1) is 0 Å². The van der Waals surface area contributed by atoms with Gasteiger partial charge in [-0.1, -0.05) is 31.2 Å². The summed E-state index contributed by atoms with van der Waals surface area (Å²) >= 11 is 0. The van der Waals surface area contributed by atoms with E-state index in [1.54, 1.807) is 0 Å². The molecule has 21 heavy (non-hydrogen) atoms. The molecule has 1 saturated heterocycles. The largest absolute Gasteiger partial charge is 0.380 e. The SMILES string of the molecule is CCNCc1cnc(N2CCCOCC2)c2ccccc12. The van der Waals surface area contributed by atoms with Crippen molar-refractivity contribution in [1.29, 1.82) is 0 Å². The van der Waals surface area contributed by atoms with Crippen LogP contribution in [-0.2, 0) is 11.3 Å². The second-order valence-electron chi connectivity index (χ2n) is 5.39. The molecule has 1 aromatic heterocycles. The summed E-state index contributed by atoms with van der Waals surface area (Å²) in [6, 6.07) is 8.58. The van der Waals surface area contributed by atoms with Gasteiger partial charge in [0.15, 0.2) is 0 Å². The fourth-order valence-electron chi connectivity index (χ4n) is 2.85. The molecule has 2 aromatic rings. The van der Waals surface area contributed by atoms with E-state index in [1.807, 2.05) is 6.20 Å². The first kappa shape index (κ1) is 14.3. The lowest BCUT2D eigenvalue weighted by atomic mass is 10.1. The van der Waals surface area contributed by atoms with Crippen molar-refractivity contribution in [1.82, 2.24) is 10.3 Å². The van der Waals surface area contributed by atoms with Gasteiger partial charge in [0.2, 0.25) is 0 Å². The molecule has 2 heterocycles. The Labute approximate surface area is 126 Å². The van der Waals surface area contributed by atoms with Crippen LogP contribution in [0.3, 0.4) is 0 Å². The van der Waals surface area contributed by atoms with Gasteiger partial charge < -0.3 is 15.0 Å². The van der Waals surface area contributed by atoms with Crippen molar-refractivity contribution in [3.8, 4) is 0 Å². The summed E-state index contributed by atoms with van der Waals surface area (Å²) in [6.07, 6.45) is 3.08. The van der Waals surface area contributed by atoms with Crippen LogP contribution < -0.4 is 10.2 Å². The second-order valence-corrected chi connectivity index (χ2v) is 5.39. The fraction of sp³-hybridized carbons (Fsp3) is 0.471. The Hall–Kier alpha value is -1.65. The van der Waals surface area contributed by atoms with Crippen LogP contribution in [0.1, 0.15) is 18.9 Å². The highest BCUT2D eigenvalue weighted by Crippen LogP contribution is 2.27. The van der Waals surface area contributed by atoms with Gasteiger partial charge in [-0.25, -0.2) is 4.98 Å². The van der Waals surface area contributed by atoms with E-state index < -0.39 is 0 Å². The average Bonchev–Trinajstić information content (AvgIpc) is 2.81. The molecule has 4 nitrogen and oxygen atoms in total. The molecule has 1 aliphatic rings. The fourth-order valence-corrected chi connectivity index (χ4v) is 2.85. The minimum absolute atomic E-state index is 0.787. The van der Waals surface area contributed by atoms with Crippen LogP contribution in [0.2, 0.25) is 0 Å². The number of nitrogens with one attached hydrogen (secondary N) is 1. The topological polar surface area (TPSA) is 37.4 Å². The van der Waals surface area contributed by atoms with Crippen LogP contribution >= 0.6 is 0 Å². The number of fused-ring (bicyclic) bond motifs is 1. The number of aromatic nitrogens is 1. The Kier molecular flexibility index (Phi) is 4.68. The highest BCUT2D eigenvalue weighted by molar-refractivity contribution is 5.94. The first-order chi connectivity index (χ1) is 10.4. The molecule has 0 unspecified atom stereocenters. The Morgan fingerprint density at radius 1 is 1.19 bits per heavy atom. The maximum absolute atomic E-state index is 5.56. The van der Waals surface area contributed by atoms with Gasteiger partial charge in [0.25, 0.3) is 0 Å². The van der Waals surface area contributed by atoms with Gasteiger partial charge in [0, 0.05) is 37.8 Å². The number of anilines is 1.